The van der Waals surface area contributed by atoms with Crippen LogP contribution >= 0.6 is 0 Å². The van der Waals surface area contributed by atoms with Gasteiger partial charge in [-0.25, -0.2) is 4.98 Å². The van der Waals surface area contributed by atoms with Gasteiger partial charge in [0.05, 0.1) is 35.8 Å². The van der Waals surface area contributed by atoms with Crippen LogP contribution in [0, 0.1) is 5.92 Å². The maximum atomic E-state index is 6.96. The minimum atomic E-state index is 0.0426. The minimum Gasteiger partial charge on any atom is -0.383 e. The van der Waals surface area contributed by atoms with E-state index in [9.17, 15) is 0 Å². The van der Waals surface area contributed by atoms with Gasteiger partial charge in [-0.1, -0.05) is 42.5 Å². The Bertz CT molecular complexity index is 1390. The van der Waals surface area contributed by atoms with Gasteiger partial charge in [0.2, 0.25) is 5.70 Å². The fourth-order valence-electron chi connectivity index (χ4n) is 5.11. The smallest absolute Gasteiger partial charge is 0.264 e. The minimum absolute atomic E-state index is 0.0426. The van der Waals surface area contributed by atoms with Gasteiger partial charge in [-0.15, -0.1) is 4.59 Å². The van der Waals surface area contributed by atoms with Gasteiger partial charge < -0.3 is 10.1 Å². The van der Waals surface area contributed by atoms with Gasteiger partial charge in [-0.2, -0.15) is 10.8 Å². The Morgan fingerprint density at radius 1 is 1.06 bits per heavy atom. The van der Waals surface area contributed by atoms with E-state index in [-0.39, 0.29) is 4.59 Å². The molecule has 1 fully saturated rings. The van der Waals surface area contributed by atoms with Crippen LogP contribution in [-0.4, -0.2) is 47.9 Å². The molecule has 0 bridgehead atoms. The SMILES string of the molecule is COCCNC1CC(C2=C3C=NC=C[N+]3(N)C(c3ccc4ccc(-c5ccccc5)nc4c3)=N2)C1. The molecule has 3 aliphatic rings. The number of benzene rings is 2. The summed E-state index contributed by atoms with van der Waals surface area (Å²) in [6.07, 6.45) is 7.61. The van der Waals surface area contributed by atoms with Crippen molar-refractivity contribution >= 4 is 23.0 Å². The van der Waals surface area contributed by atoms with Crippen molar-refractivity contribution in [2.45, 2.75) is 18.9 Å². The Morgan fingerprint density at radius 3 is 2.71 bits per heavy atom. The summed E-state index contributed by atoms with van der Waals surface area (Å²) in [7, 11) is 1.73. The van der Waals surface area contributed by atoms with Crippen LogP contribution in [0.15, 0.2) is 94.4 Å². The third kappa shape index (κ3) is 3.92. The highest BCUT2D eigenvalue weighted by Gasteiger charge is 2.48. The van der Waals surface area contributed by atoms with Crippen LogP contribution in [0.25, 0.3) is 22.2 Å². The molecule has 3 aromatic rings. The predicted molar refractivity (Wildman–Crippen MR) is 139 cm³/mol. The van der Waals surface area contributed by atoms with Crippen LogP contribution in [0.5, 0.6) is 0 Å². The van der Waals surface area contributed by atoms with Crippen LogP contribution in [0.4, 0.5) is 0 Å². The Balaban J connectivity index is 1.33. The highest BCUT2D eigenvalue weighted by Crippen LogP contribution is 2.42. The normalized spacial score (nSPS) is 25.0. The number of aromatic nitrogens is 1. The molecule has 0 spiro atoms. The fourth-order valence-corrected chi connectivity index (χ4v) is 5.11. The Hall–Kier alpha value is -3.49. The number of hydrogen-bond acceptors (Lipinski definition) is 6. The molecule has 1 saturated carbocycles. The first-order chi connectivity index (χ1) is 17.2. The number of allylic oxidation sites excluding steroid dienone is 2. The van der Waals surface area contributed by atoms with Crippen molar-refractivity contribution in [3.05, 3.63) is 90.0 Å². The number of hydrogen-bond donors (Lipinski definition) is 2. The second-order valence-electron chi connectivity index (χ2n) is 9.34. The summed E-state index contributed by atoms with van der Waals surface area (Å²) in [5.74, 6) is 8.14. The molecule has 6 rings (SSSR count). The van der Waals surface area contributed by atoms with Crippen LogP contribution in [-0.2, 0) is 4.74 Å². The van der Waals surface area contributed by atoms with Gasteiger partial charge in [0, 0.05) is 36.6 Å². The number of pyridine rings is 1. The summed E-state index contributed by atoms with van der Waals surface area (Å²) < 4.78 is 5.20. The highest BCUT2D eigenvalue weighted by atomic mass is 16.5. The average Bonchev–Trinajstić information content (AvgIpc) is 3.18. The van der Waals surface area contributed by atoms with Crippen LogP contribution in [0.2, 0.25) is 0 Å². The first-order valence-corrected chi connectivity index (χ1v) is 12.1. The van der Waals surface area contributed by atoms with Gasteiger partial charge in [0.25, 0.3) is 5.84 Å². The lowest BCUT2D eigenvalue weighted by molar-refractivity contribution is -0.750. The largest absolute Gasteiger partial charge is 0.383 e. The maximum absolute atomic E-state index is 6.96. The molecule has 2 aliphatic heterocycles. The average molecular weight is 466 g/mol. The molecule has 1 unspecified atom stereocenters. The molecule has 3 N–H and O–H groups in total. The molecular formula is C28H29N6O+. The van der Waals surface area contributed by atoms with Gasteiger partial charge in [-0.05, 0) is 31.0 Å². The van der Waals surface area contributed by atoms with Crippen molar-refractivity contribution in [2.75, 3.05) is 20.3 Å². The van der Waals surface area contributed by atoms with E-state index in [0.29, 0.717) is 12.0 Å². The standard InChI is InChI=1S/C28H29N6O/c1-35-14-12-31-23-15-22(16-23)27-26-18-30-11-13-34(26,29)28(33-27)21-8-7-20-9-10-24(32-25(20)17-21)19-5-3-2-4-6-19/h2-11,13,17-18,22-23,31H,12,14-16,29H2,1H3/q+1. The van der Waals surface area contributed by atoms with E-state index in [0.717, 1.165) is 70.9 Å². The molecule has 0 amide bonds. The number of fused-ring (bicyclic) bond motifs is 2. The third-order valence-electron chi connectivity index (χ3n) is 7.11. The van der Waals surface area contributed by atoms with Crippen molar-refractivity contribution in [1.29, 1.82) is 0 Å². The Labute approximate surface area is 204 Å². The van der Waals surface area contributed by atoms with Crippen molar-refractivity contribution in [2.24, 2.45) is 21.7 Å². The van der Waals surface area contributed by atoms with Crippen molar-refractivity contribution < 1.29 is 9.33 Å². The number of nitrogens with zero attached hydrogens (tertiary/aromatic N) is 4. The number of ether oxygens (including phenoxy) is 1. The second-order valence-corrected chi connectivity index (χ2v) is 9.34. The lowest BCUT2D eigenvalue weighted by Gasteiger charge is -2.35. The number of rotatable bonds is 7. The highest BCUT2D eigenvalue weighted by molar-refractivity contribution is 6.02. The Kier molecular flexibility index (Phi) is 5.62. The van der Waals surface area contributed by atoms with Gasteiger partial charge >= 0.3 is 0 Å². The molecule has 176 valence electrons. The van der Waals surface area contributed by atoms with E-state index in [2.05, 4.69) is 52.8 Å². The van der Waals surface area contributed by atoms with Crippen molar-refractivity contribution in [1.82, 2.24) is 10.3 Å². The zero-order valence-electron chi connectivity index (χ0n) is 19.8. The fraction of sp³-hybridized carbons (Fsp3) is 0.250. The number of quaternary nitrogens is 1. The van der Waals surface area contributed by atoms with E-state index >= 15 is 0 Å². The summed E-state index contributed by atoms with van der Waals surface area (Å²) >= 11 is 0. The molecule has 1 aromatic heterocycles. The van der Waals surface area contributed by atoms with Crippen LogP contribution < -0.4 is 11.2 Å². The summed E-state index contributed by atoms with van der Waals surface area (Å²) in [6, 6.07) is 21.2. The number of nitrogens with one attached hydrogen (secondary N) is 1. The first-order valence-electron chi connectivity index (χ1n) is 12.1. The van der Waals surface area contributed by atoms with Gasteiger partial charge in [-0.3, -0.25) is 4.99 Å². The molecule has 7 nitrogen and oxygen atoms in total. The molecule has 2 aromatic carbocycles. The molecule has 0 saturated heterocycles. The third-order valence-corrected chi connectivity index (χ3v) is 7.11. The van der Waals surface area contributed by atoms with E-state index in [4.69, 9.17) is 20.6 Å². The van der Waals surface area contributed by atoms with Crippen LogP contribution in [0.1, 0.15) is 18.4 Å². The molecule has 3 heterocycles. The van der Waals surface area contributed by atoms with E-state index in [1.807, 2.05) is 30.6 Å². The summed E-state index contributed by atoms with van der Waals surface area (Å²) in [5, 5.41) is 4.64. The predicted octanol–water partition coefficient (Wildman–Crippen LogP) is 4.13. The molecule has 1 aliphatic carbocycles. The van der Waals surface area contributed by atoms with E-state index in [1.165, 1.54) is 0 Å². The van der Waals surface area contributed by atoms with Crippen molar-refractivity contribution in [3.63, 3.8) is 0 Å². The quantitative estimate of drug-likeness (QED) is 0.312. The topological polar surface area (TPSA) is 84.9 Å². The van der Waals surface area contributed by atoms with E-state index < -0.39 is 0 Å². The molecule has 35 heavy (non-hydrogen) atoms. The first kappa shape index (κ1) is 22.0. The monoisotopic (exact) mass is 465 g/mol. The van der Waals surface area contributed by atoms with Gasteiger partial charge in [0.1, 0.15) is 11.9 Å². The zero-order chi connectivity index (χ0) is 23.8. The van der Waals surface area contributed by atoms with Crippen LogP contribution in [0.3, 0.4) is 0 Å². The van der Waals surface area contributed by atoms with Gasteiger partial charge in [0.15, 0.2) is 0 Å². The summed E-state index contributed by atoms with van der Waals surface area (Å²) in [4.78, 5) is 14.5. The molecule has 0 radical (unpaired) electrons. The zero-order valence-corrected chi connectivity index (χ0v) is 19.8. The second kappa shape index (κ2) is 8.94. The number of aliphatic imine (C=N–C) groups is 2. The lowest BCUT2D eigenvalue weighted by Crippen LogP contribution is -2.53. The molecule has 7 heteroatoms. The maximum Gasteiger partial charge on any atom is 0.264 e. The summed E-state index contributed by atoms with van der Waals surface area (Å²) in [5.41, 5.74) is 5.94. The molecular weight excluding hydrogens is 436 g/mol. The number of amidine groups is 1. The summed E-state index contributed by atoms with van der Waals surface area (Å²) in [6.45, 7) is 1.59. The molecule has 1 atom stereocenters. The lowest BCUT2D eigenvalue weighted by atomic mass is 9.77. The number of nitrogens with two attached hydrogens (primary N) is 1. The Morgan fingerprint density at radius 2 is 1.89 bits per heavy atom. The van der Waals surface area contributed by atoms with Crippen molar-refractivity contribution in [3.8, 4) is 11.3 Å². The number of methoxy groups -OCH3 is 1. The van der Waals surface area contributed by atoms with E-state index in [1.54, 1.807) is 13.3 Å².